The van der Waals surface area contributed by atoms with Gasteiger partial charge in [-0.1, -0.05) is 46.3 Å². The predicted octanol–water partition coefficient (Wildman–Crippen LogP) is 5.05. The zero-order valence-electron chi connectivity index (χ0n) is 11.3. The lowest BCUT2D eigenvalue weighted by Gasteiger charge is -2.13. The summed E-state index contributed by atoms with van der Waals surface area (Å²) in [5.41, 5.74) is 3.42. The Hall–Kier alpha value is -1.58. The van der Waals surface area contributed by atoms with Crippen LogP contribution in [0.15, 0.2) is 63.7 Å². The van der Waals surface area contributed by atoms with E-state index in [2.05, 4.69) is 58.5 Å². The van der Waals surface area contributed by atoms with Gasteiger partial charge in [0.1, 0.15) is 5.58 Å². The highest BCUT2D eigenvalue weighted by Gasteiger charge is 2.08. The van der Waals surface area contributed by atoms with Crippen molar-refractivity contribution in [2.75, 3.05) is 0 Å². The van der Waals surface area contributed by atoms with Crippen molar-refractivity contribution in [2.45, 2.75) is 19.5 Å². The van der Waals surface area contributed by atoms with E-state index in [4.69, 9.17) is 4.42 Å². The Kier molecular flexibility index (Phi) is 3.90. The molecule has 1 aromatic heterocycles. The summed E-state index contributed by atoms with van der Waals surface area (Å²) in [4.78, 5) is 0. The highest BCUT2D eigenvalue weighted by atomic mass is 79.9. The fourth-order valence-electron chi connectivity index (χ4n) is 2.30. The Labute approximate surface area is 126 Å². The van der Waals surface area contributed by atoms with Gasteiger partial charge in [-0.05, 0) is 30.7 Å². The molecule has 3 heteroatoms. The van der Waals surface area contributed by atoms with Gasteiger partial charge >= 0.3 is 0 Å². The largest absolute Gasteiger partial charge is 0.464 e. The van der Waals surface area contributed by atoms with Crippen molar-refractivity contribution in [3.05, 3.63) is 70.4 Å². The molecule has 1 atom stereocenters. The fraction of sp³-hybridized carbons (Fsp3) is 0.176. The summed E-state index contributed by atoms with van der Waals surface area (Å²) in [5, 5.41) is 4.72. The number of rotatable bonds is 4. The number of furan rings is 1. The normalized spacial score (nSPS) is 12.7. The maximum absolute atomic E-state index is 5.56. The molecule has 0 radical (unpaired) electrons. The second-order valence-corrected chi connectivity index (χ2v) is 5.83. The fourth-order valence-corrected chi connectivity index (χ4v) is 2.57. The minimum atomic E-state index is 0.303. The summed E-state index contributed by atoms with van der Waals surface area (Å²) >= 11 is 3.46. The molecule has 0 bridgehead atoms. The second kappa shape index (κ2) is 5.81. The lowest BCUT2D eigenvalue weighted by Crippen LogP contribution is -2.17. The smallest absolute Gasteiger partial charge is 0.134 e. The highest BCUT2D eigenvalue weighted by molar-refractivity contribution is 9.10. The standard InChI is InChI=1S/C17H16BrNO/c1-12(13-6-8-15(18)9-7-13)19-10-14-11-20-17-5-3-2-4-16(14)17/h2-9,11-12,19H,10H2,1H3. The van der Waals surface area contributed by atoms with Gasteiger partial charge in [0, 0.05) is 28.0 Å². The Balaban J connectivity index is 1.71. The molecule has 0 aliphatic heterocycles. The van der Waals surface area contributed by atoms with Crippen LogP contribution < -0.4 is 5.32 Å². The van der Waals surface area contributed by atoms with Crippen molar-refractivity contribution in [1.29, 1.82) is 0 Å². The Morgan fingerprint density at radius 1 is 1.10 bits per heavy atom. The summed E-state index contributed by atoms with van der Waals surface area (Å²) in [6.45, 7) is 2.97. The van der Waals surface area contributed by atoms with E-state index in [1.807, 2.05) is 24.5 Å². The number of hydrogen-bond donors (Lipinski definition) is 1. The van der Waals surface area contributed by atoms with Gasteiger partial charge < -0.3 is 9.73 Å². The molecule has 20 heavy (non-hydrogen) atoms. The maximum atomic E-state index is 5.56. The van der Waals surface area contributed by atoms with Gasteiger partial charge in [-0.15, -0.1) is 0 Å². The maximum Gasteiger partial charge on any atom is 0.134 e. The van der Waals surface area contributed by atoms with Crippen LogP contribution >= 0.6 is 15.9 Å². The van der Waals surface area contributed by atoms with Crippen LogP contribution in [0.25, 0.3) is 11.0 Å². The molecule has 102 valence electrons. The highest BCUT2D eigenvalue weighted by Crippen LogP contribution is 2.22. The number of benzene rings is 2. The molecular formula is C17H16BrNO. The molecule has 2 nitrogen and oxygen atoms in total. The summed E-state index contributed by atoms with van der Waals surface area (Å²) in [7, 11) is 0. The van der Waals surface area contributed by atoms with Crippen LogP contribution in [0.1, 0.15) is 24.1 Å². The van der Waals surface area contributed by atoms with Crippen LogP contribution in [-0.4, -0.2) is 0 Å². The summed E-state index contributed by atoms with van der Waals surface area (Å²) in [5.74, 6) is 0. The van der Waals surface area contributed by atoms with E-state index >= 15 is 0 Å². The molecule has 0 amide bonds. The van der Waals surface area contributed by atoms with Crippen molar-refractivity contribution in [1.82, 2.24) is 5.32 Å². The monoisotopic (exact) mass is 329 g/mol. The van der Waals surface area contributed by atoms with Crippen LogP contribution in [0.2, 0.25) is 0 Å². The Morgan fingerprint density at radius 2 is 1.85 bits per heavy atom. The van der Waals surface area contributed by atoms with Gasteiger partial charge in [-0.3, -0.25) is 0 Å². The van der Waals surface area contributed by atoms with Gasteiger partial charge in [0.25, 0.3) is 0 Å². The van der Waals surface area contributed by atoms with Crippen molar-refractivity contribution in [3.63, 3.8) is 0 Å². The van der Waals surface area contributed by atoms with E-state index in [0.29, 0.717) is 6.04 Å². The van der Waals surface area contributed by atoms with Crippen LogP contribution in [-0.2, 0) is 6.54 Å². The van der Waals surface area contributed by atoms with Gasteiger partial charge in [0.15, 0.2) is 0 Å². The molecule has 2 aromatic carbocycles. The van der Waals surface area contributed by atoms with Crippen molar-refractivity contribution in [3.8, 4) is 0 Å². The molecule has 1 unspecified atom stereocenters. The van der Waals surface area contributed by atoms with E-state index in [1.165, 1.54) is 16.5 Å². The zero-order chi connectivity index (χ0) is 13.9. The molecule has 0 spiro atoms. The first kappa shape index (κ1) is 13.4. The third-order valence-electron chi connectivity index (χ3n) is 3.53. The first-order chi connectivity index (χ1) is 9.74. The van der Waals surface area contributed by atoms with Crippen molar-refractivity contribution >= 4 is 26.9 Å². The first-order valence-corrected chi connectivity index (χ1v) is 7.47. The molecule has 0 saturated carbocycles. The number of fused-ring (bicyclic) bond motifs is 1. The van der Waals surface area contributed by atoms with Crippen LogP contribution in [0.4, 0.5) is 0 Å². The minimum absolute atomic E-state index is 0.303. The quantitative estimate of drug-likeness (QED) is 0.724. The van der Waals surface area contributed by atoms with Gasteiger partial charge in [-0.2, -0.15) is 0 Å². The number of halogens is 1. The van der Waals surface area contributed by atoms with Crippen molar-refractivity contribution in [2.24, 2.45) is 0 Å². The molecule has 0 saturated heterocycles. The zero-order valence-corrected chi connectivity index (χ0v) is 12.9. The van der Waals surface area contributed by atoms with Gasteiger partial charge in [0.2, 0.25) is 0 Å². The summed E-state index contributed by atoms with van der Waals surface area (Å²) < 4.78 is 6.66. The summed E-state index contributed by atoms with van der Waals surface area (Å²) in [6.07, 6.45) is 1.84. The lowest BCUT2D eigenvalue weighted by molar-refractivity contribution is 0.562. The molecule has 0 aliphatic carbocycles. The molecule has 0 aliphatic rings. The van der Waals surface area contributed by atoms with Crippen LogP contribution in [0, 0.1) is 0 Å². The molecule has 0 fully saturated rings. The SMILES string of the molecule is CC(NCc1coc2ccccc12)c1ccc(Br)cc1. The summed E-state index contributed by atoms with van der Waals surface area (Å²) in [6, 6.07) is 16.8. The van der Waals surface area contributed by atoms with E-state index < -0.39 is 0 Å². The molecule has 1 N–H and O–H groups in total. The van der Waals surface area contributed by atoms with E-state index in [1.54, 1.807) is 0 Å². The third kappa shape index (κ3) is 2.79. The minimum Gasteiger partial charge on any atom is -0.464 e. The Bertz CT molecular complexity index is 702. The Morgan fingerprint density at radius 3 is 2.65 bits per heavy atom. The molecule has 1 heterocycles. The van der Waals surface area contributed by atoms with E-state index in [-0.39, 0.29) is 0 Å². The molecule has 3 rings (SSSR count). The molecular weight excluding hydrogens is 314 g/mol. The number of nitrogens with one attached hydrogen (secondary N) is 1. The number of hydrogen-bond acceptors (Lipinski definition) is 2. The van der Waals surface area contributed by atoms with Crippen molar-refractivity contribution < 1.29 is 4.42 Å². The van der Waals surface area contributed by atoms with Crippen LogP contribution in [0.5, 0.6) is 0 Å². The van der Waals surface area contributed by atoms with Gasteiger partial charge in [0.05, 0.1) is 6.26 Å². The van der Waals surface area contributed by atoms with Crippen LogP contribution in [0.3, 0.4) is 0 Å². The molecule has 3 aromatic rings. The number of para-hydroxylation sites is 1. The average molecular weight is 330 g/mol. The predicted molar refractivity (Wildman–Crippen MR) is 85.6 cm³/mol. The van der Waals surface area contributed by atoms with E-state index in [9.17, 15) is 0 Å². The average Bonchev–Trinajstić information content (AvgIpc) is 2.89. The second-order valence-electron chi connectivity index (χ2n) is 4.91. The first-order valence-electron chi connectivity index (χ1n) is 6.68. The third-order valence-corrected chi connectivity index (χ3v) is 4.06. The van der Waals surface area contributed by atoms with E-state index in [0.717, 1.165) is 16.6 Å². The lowest BCUT2D eigenvalue weighted by atomic mass is 10.1. The van der Waals surface area contributed by atoms with Gasteiger partial charge in [-0.25, -0.2) is 0 Å². The topological polar surface area (TPSA) is 25.2 Å².